The third kappa shape index (κ3) is 8.00. The van der Waals surface area contributed by atoms with E-state index in [4.69, 9.17) is 13.8 Å². The number of rotatable bonds is 9. The molecule has 0 saturated carbocycles. The summed E-state index contributed by atoms with van der Waals surface area (Å²) >= 11 is 0. The summed E-state index contributed by atoms with van der Waals surface area (Å²) in [4.78, 5) is 9.25. The molecular weight excluding hydrogens is 916 g/mol. The van der Waals surface area contributed by atoms with Gasteiger partial charge in [-0.2, -0.15) is 37.0 Å². The van der Waals surface area contributed by atoms with E-state index in [1.165, 1.54) is 11.1 Å². The predicted molar refractivity (Wildman–Crippen MR) is 245 cm³/mol. The van der Waals surface area contributed by atoms with Crippen molar-refractivity contribution in [2.24, 2.45) is 0 Å². The van der Waals surface area contributed by atoms with E-state index in [9.17, 15) is 0 Å². The van der Waals surface area contributed by atoms with Crippen LogP contribution in [0.3, 0.4) is 0 Å². The summed E-state index contributed by atoms with van der Waals surface area (Å²) < 4.78 is 33.9. The fraction of sp³-hybridized carbons (Fsp3) is 0.222. The molecule has 3 heterocycles. The summed E-state index contributed by atoms with van der Waals surface area (Å²) in [5.41, 5.74) is 11.5. The Balaban J connectivity index is 0.00000544. The van der Waals surface area contributed by atoms with Crippen molar-refractivity contribution in [2.75, 3.05) is 16.3 Å². The third-order valence-corrected chi connectivity index (χ3v) is 11.4. The van der Waals surface area contributed by atoms with Gasteiger partial charge in [-0.15, -0.1) is 28.8 Å². The topological polar surface area (TPSA) is 33.5 Å². The fourth-order valence-corrected chi connectivity index (χ4v) is 8.12. The van der Waals surface area contributed by atoms with Crippen LogP contribution in [-0.2, 0) is 44.9 Å². The van der Waals surface area contributed by atoms with Crippen molar-refractivity contribution in [3.63, 3.8) is 0 Å². The molecule has 0 radical (unpaired) electrons. The van der Waals surface area contributed by atoms with Crippen LogP contribution >= 0.6 is 0 Å². The van der Waals surface area contributed by atoms with Crippen molar-refractivity contribution in [1.82, 2.24) is 9.55 Å². The minimum absolute atomic E-state index is 0. The van der Waals surface area contributed by atoms with Crippen LogP contribution in [-0.4, -0.2) is 16.1 Å². The van der Waals surface area contributed by atoms with Gasteiger partial charge in [0.25, 0.3) is 0 Å². The van der Waals surface area contributed by atoms with Crippen LogP contribution in [0.25, 0.3) is 38.8 Å². The zero-order valence-electron chi connectivity index (χ0n) is 38.0. The summed E-state index contributed by atoms with van der Waals surface area (Å²) in [6, 6.07) is 52.5. The normalized spacial score (nSPS) is 13.8. The molecule has 1 aliphatic heterocycles. The van der Waals surface area contributed by atoms with E-state index in [0.717, 1.165) is 66.9 Å². The minimum atomic E-state index is -2.23. The van der Waals surface area contributed by atoms with E-state index in [1.807, 2.05) is 79.0 Å². The summed E-state index contributed by atoms with van der Waals surface area (Å²) in [6.07, 6.45) is 2.45. The molecule has 2 aromatic heterocycles. The molecule has 60 heavy (non-hydrogen) atoms. The van der Waals surface area contributed by atoms with E-state index in [2.05, 4.69) is 129 Å². The summed E-state index contributed by atoms with van der Waals surface area (Å²) in [5.74, 6) is 1.49. The maximum atomic E-state index is 8.37. The predicted octanol–water partition coefficient (Wildman–Crippen LogP) is 13.2. The number of anilines is 3. The van der Waals surface area contributed by atoms with Gasteiger partial charge in [-0.05, 0) is 99.7 Å². The van der Waals surface area contributed by atoms with E-state index < -0.39 is 6.85 Å². The van der Waals surface area contributed by atoms with Crippen LogP contribution in [0.1, 0.15) is 73.5 Å². The molecule has 0 unspecified atom stereocenters. The van der Waals surface area contributed by atoms with Crippen molar-refractivity contribution in [2.45, 2.75) is 72.3 Å². The van der Waals surface area contributed by atoms with Crippen LogP contribution in [0, 0.1) is 25.7 Å². The second-order valence-corrected chi connectivity index (χ2v) is 17.5. The smallest absolute Gasteiger partial charge is 0.135 e. The van der Waals surface area contributed by atoms with Gasteiger partial charge in [-0.1, -0.05) is 120 Å². The molecule has 9 rings (SSSR count). The first-order valence-electron chi connectivity index (χ1n) is 21.9. The molecule has 0 saturated heterocycles. The number of para-hydroxylation sites is 2. The molecule has 5 nitrogen and oxygen atoms in total. The van der Waals surface area contributed by atoms with Crippen LogP contribution in [0.4, 0.5) is 17.1 Å². The van der Waals surface area contributed by atoms with Gasteiger partial charge >= 0.3 is 0 Å². The zero-order chi connectivity index (χ0) is 43.4. The van der Waals surface area contributed by atoms with E-state index >= 15 is 0 Å². The Morgan fingerprint density at radius 3 is 2.23 bits per heavy atom. The molecule has 1 aliphatic rings. The summed E-state index contributed by atoms with van der Waals surface area (Å²) in [5, 5.41) is 2.24. The Labute approximate surface area is 374 Å². The van der Waals surface area contributed by atoms with E-state index in [1.54, 1.807) is 6.07 Å². The van der Waals surface area contributed by atoms with Crippen molar-refractivity contribution in [3.8, 4) is 22.7 Å². The largest absolute Gasteiger partial charge is 0.517 e. The molecule has 0 spiro atoms. The van der Waals surface area contributed by atoms with Crippen LogP contribution in [0.5, 0.6) is 5.75 Å². The Kier molecular flexibility index (Phi) is 10.2. The third-order valence-electron chi connectivity index (χ3n) is 11.4. The molecule has 0 bridgehead atoms. The summed E-state index contributed by atoms with van der Waals surface area (Å²) in [6.45, 7) is 14.2. The van der Waals surface area contributed by atoms with Gasteiger partial charge in [-0.25, -0.2) is 4.98 Å². The van der Waals surface area contributed by atoms with E-state index in [0.29, 0.717) is 30.9 Å². The van der Waals surface area contributed by atoms with Gasteiger partial charge in [-0.3, -0.25) is 0 Å². The summed E-state index contributed by atoms with van der Waals surface area (Å²) in [7, 11) is 0. The second-order valence-electron chi connectivity index (χ2n) is 17.5. The number of aryl methyl sites for hydroxylation is 1. The van der Waals surface area contributed by atoms with Crippen LogP contribution < -0.4 is 14.5 Å². The first-order chi connectivity index (χ1) is 29.6. The number of nitrogens with zero attached hydrogens (tertiary/aromatic N) is 4. The van der Waals surface area contributed by atoms with E-state index in [-0.39, 0.29) is 31.9 Å². The average molecular weight is 970 g/mol. The van der Waals surface area contributed by atoms with Gasteiger partial charge in [0, 0.05) is 54.0 Å². The molecule has 306 valence electrons. The van der Waals surface area contributed by atoms with Crippen LogP contribution in [0.15, 0.2) is 140 Å². The van der Waals surface area contributed by atoms with Gasteiger partial charge in [0.1, 0.15) is 5.82 Å². The number of hydrogen-bond acceptors (Lipinski definition) is 4. The fourth-order valence-electron chi connectivity index (χ4n) is 8.12. The number of hydrogen-bond donors (Lipinski definition) is 0. The van der Waals surface area contributed by atoms with Crippen molar-refractivity contribution >= 4 is 38.9 Å². The monoisotopic (exact) mass is 969 g/mol. The molecule has 0 N–H and O–H groups in total. The molecule has 6 heteroatoms. The van der Waals surface area contributed by atoms with Gasteiger partial charge in [0.2, 0.25) is 0 Å². The van der Waals surface area contributed by atoms with Gasteiger partial charge in [0.15, 0.2) is 0 Å². The number of benzene rings is 6. The molecule has 0 aliphatic carbocycles. The number of ether oxygens (including phenoxy) is 1. The molecule has 6 aromatic carbocycles. The van der Waals surface area contributed by atoms with Crippen LogP contribution in [0.2, 0.25) is 0 Å². The average Bonchev–Trinajstić information content (AvgIpc) is 3.79. The SMILES string of the molecule is [2H]C([2H])([2H])c1cccc(-c2ccccc2)c1CCN1[CH-]N(c2[c-]c(COc3[c-]c4c(cc3)c3ccc(C(C)(C)C)cc3n4-c3cc(C(C)(C)C)ccn3)ccc2)c2ccccc21.[Pt]. The van der Waals surface area contributed by atoms with Gasteiger partial charge in [0.05, 0.1) is 6.61 Å². The van der Waals surface area contributed by atoms with Crippen molar-refractivity contribution in [1.29, 1.82) is 0 Å². The Hall–Kier alpha value is -5.64. The maximum Gasteiger partial charge on any atom is 0.135 e. The number of fused-ring (bicyclic) bond motifs is 4. The Morgan fingerprint density at radius 2 is 1.45 bits per heavy atom. The Morgan fingerprint density at radius 1 is 0.717 bits per heavy atom. The van der Waals surface area contributed by atoms with Crippen molar-refractivity contribution < 1.29 is 29.9 Å². The molecule has 0 fully saturated rings. The number of aromatic nitrogens is 2. The Bertz CT molecular complexity index is 2930. The number of pyridine rings is 1. The quantitative estimate of drug-likeness (QED) is 0.135. The maximum absolute atomic E-state index is 8.37. The first-order valence-corrected chi connectivity index (χ1v) is 20.4. The first kappa shape index (κ1) is 37.4. The molecular formula is C54H51N4OPt-3. The molecule has 0 atom stereocenters. The molecule has 0 amide bonds. The second kappa shape index (κ2) is 16.4. The zero-order valence-corrected chi connectivity index (χ0v) is 37.3. The minimum Gasteiger partial charge on any atom is -0.517 e. The van der Waals surface area contributed by atoms with Crippen molar-refractivity contribution in [3.05, 3.63) is 186 Å². The standard InChI is InChI=1S/C54H51N4O.Pt/c1-37-15-13-20-45(39-17-9-8-10-18-39)44(37)28-30-56-36-57(49-22-12-11-21-48(49)56)42-19-14-16-38(31-42)35-59-43-24-26-47-46-25-23-40(53(2,3)4)32-50(46)58(51(47)34-43)52-33-41(27-29-55-52)54(5,6)7;/h8-27,29,32-33,36H,28,30,35H2,1-7H3;/q-3;/i1D3;. The van der Waals surface area contributed by atoms with Gasteiger partial charge < -0.3 is 19.1 Å². The molecule has 8 aromatic rings.